The Morgan fingerprint density at radius 3 is 2.70 bits per heavy atom. The number of rotatable bonds is 6. The average molecular weight is 406 g/mol. The number of carboxylic acid groups (broad SMARTS) is 1. The fourth-order valence-corrected chi connectivity index (χ4v) is 4.32. The van der Waals surface area contributed by atoms with Crippen molar-refractivity contribution in [3.8, 4) is 11.5 Å². The van der Waals surface area contributed by atoms with Crippen molar-refractivity contribution in [1.82, 2.24) is 9.88 Å². The Balaban J connectivity index is 1.91. The molecule has 1 saturated heterocycles. The molecule has 0 spiro atoms. The number of nitrogens with zero attached hydrogens (tertiary/aromatic N) is 2. The van der Waals surface area contributed by atoms with Gasteiger partial charge in [-0.15, -0.1) is 0 Å². The lowest BCUT2D eigenvalue weighted by Crippen LogP contribution is -2.47. The van der Waals surface area contributed by atoms with Crippen LogP contribution in [0.1, 0.15) is 36.6 Å². The highest BCUT2D eigenvalue weighted by molar-refractivity contribution is 5.78. The second-order valence-corrected chi connectivity index (χ2v) is 7.53. The molecule has 4 rings (SSSR count). The van der Waals surface area contributed by atoms with Crippen LogP contribution in [0.4, 0.5) is 0 Å². The zero-order chi connectivity index (χ0) is 21.1. The molecule has 2 atom stereocenters. The summed E-state index contributed by atoms with van der Waals surface area (Å²) in [5.74, 6) is 0.577. The Labute approximate surface area is 176 Å². The second kappa shape index (κ2) is 8.71. The van der Waals surface area contributed by atoms with Crippen LogP contribution in [0.3, 0.4) is 0 Å². The lowest BCUT2D eigenvalue weighted by Gasteiger charge is -2.39. The van der Waals surface area contributed by atoms with Crippen LogP contribution < -0.4 is 9.47 Å². The van der Waals surface area contributed by atoms with Gasteiger partial charge in [-0.3, -0.25) is 14.7 Å². The van der Waals surface area contributed by atoms with Crippen molar-refractivity contribution < 1.29 is 19.4 Å². The summed E-state index contributed by atoms with van der Waals surface area (Å²) in [6.07, 6.45) is 2.46. The minimum Gasteiger partial charge on any atom is -0.497 e. The number of aromatic nitrogens is 1. The van der Waals surface area contributed by atoms with Crippen LogP contribution in [0.5, 0.6) is 11.5 Å². The molecule has 2 heterocycles. The Hall–Kier alpha value is -3.12. The molecule has 0 aliphatic carbocycles. The third kappa shape index (κ3) is 3.83. The summed E-state index contributed by atoms with van der Waals surface area (Å²) in [5, 5.41) is 11.0. The number of ether oxygens (including phenoxy) is 2. The van der Waals surface area contributed by atoms with E-state index in [1.165, 1.54) is 0 Å². The minimum atomic E-state index is -0.803. The van der Waals surface area contributed by atoms with Gasteiger partial charge in [0.1, 0.15) is 17.5 Å². The molecule has 0 amide bonds. The van der Waals surface area contributed by atoms with Crippen LogP contribution in [0.15, 0.2) is 54.6 Å². The number of hydrogen-bond donors (Lipinski definition) is 1. The number of aliphatic carboxylic acids is 1. The number of fused-ring (bicyclic) bond motifs is 1. The average Bonchev–Trinajstić information content (AvgIpc) is 2.79. The van der Waals surface area contributed by atoms with E-state index < -0.39 is 12.0 Å². The first-order valence-corrected chi connectivity index (χ1v) is 10.2. The molecular formula is C24H26N2O4. The molecule has 0 saturated carbocycles. The lowest BCUT2D eigenvalue weighted by molar-refractivity contribution is -0.145. The van der Waals surface area contributed by atoms with Gasteiger partial charge in [0.05, 0.1) is 31.5 Å². The van der Waals surface area contributed by atoms with Crippen LogP contribution >= 0.6 is 0 Å². The van der Waals surface area contributed by atoms with E-state index in [1.54, 1.807) is 14.2 Å². The molecule has 1 aliphatic heterocycles. The predicted molar refractivity (Wildman–Crippen MR) is 115 cm³/mol. The summed E-state index contributed by atoms with van der Waals surface area (Å²) in [7, 11) is 3.25. The van der Waals surface area contributed by atoms with Crippen molar-refractivity contribution in [2.75, 3.05) is 20.8 Å². The zero-order valence-corrected chi connectivity index (χ0v) is 17.2. The van der Waals surface area contributed by atoms with Crippen molar-refractivity contribution in [2.24, 2.45) is 0 Å². The summed E-state index contributed by atoms with van der Waals surface area (Å²) in [6, 6.07) is 16.7. The van der Waals surface area contributed by atoms with E-state index in [-0.39, 0.29) is 6.04 Å². The maximum atomic E-state index is 12.1. The fourth-order valence-electron chi connectivity index (χ4n) is 4.32. The van der Waals surface area contributed by atoms with E-state index >= 15 is 0 Å². The van der Waals surface area contributed by atoms with Gasteiger partial charge in [0.25, 0.3) is 0 Å². The van der Waals surface area contributed by atoms with Crippen LogP contribution in [-0.4, -0.2) is 47.8 Å². The molecule has 6 heteroatoms. The maximum Gasteiger partial charge on any atom is 0.320 e. The Kier molecular flexibility index (Phi) is 5.86. The smallest absolute Gasteiger partial charge is 0.320 e. The van der Waals surface area contributed by atoms with Crippen molar-refractivity contribution in [2.45, 2.75) is 31.3 Å². The lowest BCUT2D eigenvalue weighted by atomic mass is 9.93. The van der Waals surface area contributed by atoms with Gasteiger partial charge in [-0.25, -0.2) is 0 Å². The molecule has 2 unspecified atom stereocenters. The number of para-hydroxylation sites is 1. The number of likely N-dealkylation sites (tertiary alicyclic amines) is 1. The largest absolute Gasteiger partial charge is 0.497 e. The van der Waals surface area contributed by atoms with Gasteiger partial charge in [0.15, 0.2) is 0 Å². The van der Waals surface area contributed by atoms with Crippen LogP contribution in [0.25, 0.3) is 10.9 Å². The number of benzene rings is 2. The van der Waals surface area contributed by atoms with Gasteiger partial charge < -0.3 is 14.6 Å². The summed E-state index contributed by atoms with van der Waals surface area (Å²) in [4.78, 5) is 19.1. The predicted octanol–water partition coefficient (Wildman–Crippen LogP) is 4.28. The highest BCUT2D eigenvalue weighted by Crippen LogP contribution is 2.39. The number of piperidine rings is 1. The molecule has 1 aromatic heterocycles. The number of carboxylic acids is 1. The highest BCUT2D eigenvalue weighted by Gasteiger charge is 2.37. The summed E-state index contributed by atoms with van der Waals surface area (Å²) >= 11 is 0. The van der Waals surface area contributed by atoms with E-state index in [9.17, 15) is 9.90 Å². The molecule has 3 aromatic rings. The van der Waals surface area contributed by atoms with Gasteiger partial charge in [-0.2, -0.15) is 0 Å². The molecule has 1 N–H and O–H groups in total. The number of pyridine rings is 1. The highest BCUT2D eigenvalue weighted by atomic mass is 16.5. The monoisotopic (exact) mass is 406 g/mol. The Morgan fingerprint density at radius 2 is 1.93 bits per heavy atom. The summed E-state index contributed by atoms with van der Waals surface area (Å²) in [6.45, 7) is 0.677. The molecule has 1 fully saturated rings. The standard InChI is InChI=1S/C24H26N2O4/c1-29-17-11-13-22(30-2)18(15-17)23(26-14-6-5-9-21(26)24(27)28)20-12-10-16-7-3-4-8-19(16)25-20/h3-4,7-8,10-13,15,21,23H,5-6,9,14H2,1-2H3,(H,27,28). The fraction of sp³-hybridized carbons (Fsp3) is 0.333. The second-order valence-electron chi connectivity index (χ2n) is 7.53. The Bertz CT molecular complexity index is 1050. The topological polar surface area (TPSA) is 71.9 Å². The molecular weight excluding hydrogens is 380 g/mol. The molecule has 156 valence electrons. The summed E-state index contributed by atoms with van der Waals surface area (Å²) in [5.41, 5.74) is 2.53. The van der Waals surface area contributed by atoms with Gasteiger partial charge in [0.2, 0.25) is 0 Å². The molecule has 6 nitrogen and oxygen atoms in total. The normalized spacial score (nSPS) is 18.1. The summed E-state index contributed by atoms with van der Waals surface area (Å²) < 4.78 is 11.1. The van der Waals surface area contributed by atoms with Gasteiger partial charge >= 0.3 is 5.97 Å². The SMILES string of the molecule is COc1ccc(OC)c(C(c2ccc3ccccc3n2)N2CCCCC2C(=O)O)c1. The Morgan fingerprint density at radius 1 is 1.10 bits per heavy atom. The first-order valence-electron chi connectivity index (χ1n) is 10.2. The minimum absolute atomic E-state index is 0.360. The van der Waals surface area contributed by atoms with Crippen molar-refractivity contribution in [3.63, 3.8) is 0 Å². The number of carbonyl (C=O) groups is 1. The van der Waals surface area contributed by atoms with Crippen LogP contribution in [0, 0.1) is 0 Å². The molecule has 0 radical (unpaired) electrons. The quantitative estimate of drug-likeness (QED) is 0.659. The van der Waals surface area contributed by atoms with Crippen molar-refractivity contribution >= 4 is 16.9 Å². The van der Waals surface area contributed by atoms with Crippen LogP contribution in [-0.2, 0) is 4.79 Å². The van der Waals surface area contributed by atoms with Gasteiger partial charge in [0, 0.05) is 10.9 Å². The van der Waals surface area contributed by atoms with E-state index in [4.69, 9.17) is 14.5 Å². The molecule has 30 heavy (non-hydrogen) atoms. The van der Waals surface area contributed by atoms with Gasteiger partial charge in [-0.05, 0) is 49.7 Å². The number of methoxy groups -OCH3 is 2. The van der Waals surface area contributed by atoms with E-state index in [0.717, 1.165) is 35.0 Å². The molecule has 2 aromatic carbocycles. The van der Waals surface area contributed by atoms with Crippen molar-refractivity contribution in [3.05, 3.63) is 65.9 Å². The number of hydrogen-bond acceptors (Lipinski definition) is 5. The molecule has 0 bridgehead atoms. The van der Waals surface area contributed by atoms with E-state index in [2.05, 4.69) is 0 Å². The van der Waals surface area contributed by atoms with Gasteiger partial charge in [-0.1, -0.05) is 30.7 Å². The third-order valence-electron chi connectivity index (χ3n) is 5.79. The zero-order valence-electron chi connectivity index (χ0n) is 17.2. The van der Waals surface area contributed by atoms with Crippen LogP contribution in [0.2, 0.25) is 0 Å². The maximum absolute atomic E-state index is 12.1. The van der Waals surface area contributed by atoms with E-state index in [0.29, 0.717) is 24.5 Å². The molecule has 1 aliphatic rings. The third-order valence-corrected chi connectivity index (χ3v) is 5.79. The van der Waals surface area contributed by atoms with Crippen molar-refractivity contribution in [1.29, 1.82) is 0 Å². The first-order chi connectivity index (χ1) is 14.6. The first kappa shape index (κ1) is 20.2. The van der Waals surface area contributed by atoms with E-state index in [1.807, 2.05) is 59.5 Å².